The number of nitrogens with one attached hydrogen (secondary N) is 1. The summed E-state index contributed by atoms with van der Waals surface area (Å²) in [5, 5.41) is 13.4. The molecule has 0 aromatic heterocycles. The molecule has 1 heterocycles. The zero-order valence-electron chi connectivity index (χ0n) is 9.77. The molecule has 1 aliphatic heterocycles. The number of aryl methyl sites for hydroxylation is 1. The maximum atomic E-state index is 9.98. The highest BCUT2D eigenvalue weighted by Crippen LogP contribution is 2.36. The van der Waals surface area contributed by atoms with E-state index in [0.29, 0.717) is 5.75 Å². The van der Waals surface area contributed by atoms with Crippen molar-refractivity contribution in [3.05, 3.63) is 64.7 Å². The van der Waals surface area contributed by atoms with Crippen molar-refractivity contribution in [2.24, 2.45) is 0 Å². The van der Waals surface area contributed by atoms with Crippen LogP contribution in [0.4, 0.5) is 0 Å². The van der Waals surface area contributed by atoms with E-state index in [0.717, 1.165) is 12.1 Å². The lowest BCUT2D eigenvalue weighted by molar-refractivity contribution is 0.464. The second kappa shape index (κ2) is 3.90. The number of hydrogen-bond donors (Lipinski definition) is 2. The molecule has 0 fully saturated rings. The van der Waals surface area contributed by atoms with Gasteiger partial charge in [-0.2, -0.15) is 0 Å². The molecule has 0 bridgehead atoms. The van der Waals surface area contributed by atoms with Gasteiger partial charge in [0.05, 0.1) is 6.04 Å². The van der Waals surface area contributed by atoms with Crippen LogP contribution in [0.3, 0.4) is 0 Å². The van der Waals surface area contributed by atoms with E-state index in [1.807, 2.05) is 6.07 Å². The van der Waals surface area contributed by atoms with Crippen molar-refractivity contribution < 1.29 is 5.11 Å². The van der Waals surface area contributed by atoms with Gasteiger partial charge in [-0.25, -0.2) is 0 Å². The lowest BCUT2D eigenvalue weighted by Crippen LogP contribution is -2.13. The Morgan fingerprint density at radius 1 is 1.12 bits per heavy atom. The van der Waals surface area contributed by atoms with Gasteiger partial charge < -0.3 is 10.4 Å². The summed E-state index contributed by atoms with van der Waals surface area (Å²) < 4.78 is 0. The molecule has 0 saturated heterocycles. The molecule has 2 aromatic carbocycles. The molecule has 0 aliphatic carbocycles. The van der Waals surface area contributed by atoms with Crippen LogP contribution in [-0.4, -0.2) is 5.11 Å². The van der Waals surface area contributed by atoms with E-state index in [2.05, 4.69) is 42.6 Å². The van der Waals surface area contributed by atoms with Crippen LogP contribution in [0.1, 0.15) is 28.3 Å². The second-order valence-electron chi connectivity index (χ2n) is 4.57. The molecule has 1 unspecified atom stereocenters. The Bertz CT molecular complexity index is 545. The normalized spacial score (nSPS) is 18.1. The number of rotatable bonds is 1. The maximum Gasteiger partial charge on any atom is 0.121 e. The molecule has 2 aromatic rings. The van der Waals surface area contributed by atoms with E-state index in [4.69, 9.17) is 0 Å². The molecule has 0 amide bonds. The molecule has 1 aliphatic rings. The summed E-state index contributed by atoms with van der Waals surface area (Å²) in [4.78, 5) is 0. The topological polar surface area (TPSA) is 32.3 Å². The number of phenolic OH excluding ortho intramolecular Hbond substituents is 1. The van der Waals surface area contributed by atoms with Crippen LogP contribution < -0.4 is 5.32 Å². The van der Waals surface area contributed by atoms with E-state index in [1.165, 1.54) is 16.7 Å². The summed E-state index contributed by atoms with van der Waals surface area (Å²) in [6.07, 6.45) is 0. The maximum absolute atomic E-state index is 9.98. The fourth-order valence-corrected chi connectivity index (χ4v) is 2.44. The molecule has 0 radical (unpaired) electrons. The minimum Gasteiger partial charge on any atom is -0.508 e. The van der Waals surface area contributed by atoms with E-state index in [1.54, 1.807) is 6.07 Å². The van der Waals surface area contributed by atoms with Gasteiger partial charge in [-0.15, -0.1) is 0 Å². The predicted molar refractivity (Wildman–Crippen MR) is 68.0 cm³/mol. The lowest BCUT2D eigenvalue weighted by Gasteiger charge is -2.14. The van der Waals surface area contributed by atoms with E-state index in [-0.39, 0.29) is 6.04 Å². The third-order valence-corrected chi connectivity index (χ3v) is 3.37. The summed E-state index contributed by atoms with van der Waals surface area (Å²) in [6, 6.07) is 14.3. The van der Waals surface area contributed by atoms with Crippen LogP contribution >= 0.6 is 0 Å². The van der Waals surface area contributed by atoms with Gasteiger partial charge in [0.25, 0.3) is 0 Å². The first kappa shape index (κ1) is 10.4. The number of benzene rings is 2. The molecular weight excluding hydrogens is 210 g/mol. The molecular formula is C15H15NO. The Morgan fingerprint density at radius 3 is 2.65 bits per heavy atom. The third kappa shape index (κ3) is 1.71. The SMILES string of the molecule is Cc1ccc(C2NCc3cccc(O)c32)cc1. The highest BCUT2D eigenvalue weighted by molar-refractivity contribution is 5.49. The molecule has 2 N–H and O–H groups in total. The molecule has 2 heteroatoms. The number of hydrogen-bond acceptors (Lipinski definition) is 2. The number of fused-ring (bicyclic) bond motifs is 1. The van der Waals surface area contributed by atoms with Gasteiger partial charge in [0.1, 0.15) is 5.75 Å². The predicted octanol–water partition coefficient (Wildman–Crippen LogP) is 2.89. The van der Waals surface area contributed by atoms with Crippen LogP contribution in [0.25, 0.3) is 0 Å². The van der Waals surface area contributed by atoms with Gasteiger partial charge in [0, 0.05) is 12.1 Å². The first-order valence-electron chi connectivity index (χ1n) is 5.86. The van der Waals surface area contributed by atoms with Crippen LogP contribution in [0.15, 0.2) is 42.5 Å². The van der Waals surface area contributed by atoms with Crippen molar-refractivity contribution >= 4 is 0 Å². The van der Waals surface area contributed by atoms with Crippen molar-refractivity contribution in [2.45, 2.75) is 19.5 Å². The molecule has 3 rings (SSSR count). The fourth-order valence-electron chi connectivity index (χ4n) is 2.44. The first-order chi connectivity index (χ1) is 8.25. The smallest absolute Gasteiger partial charge is 0.121 e. The van der Waals surface area contributed by atoms with Gasteiger partial charge in [0.2, 0.25) is 0 Å². The highest BCUT2D eigenvalue weighted by atomic mass is 16.3. The van der Waals surface area contributed by atoms with Crippen LogP contribution in [0.5, 0.6) is 5.75 Å². The fraction of sp³-hybridized carbons (Fsp3) is 0.200. The largest absolute Gasteiger partial charge is 0.508 e. The molecule has 0 spiro atoms. The van der Waals surface area contributed by atoms with Gasteiger partial charge in [-0.3, -0.25) is 0 Å². The van der Waals surface area contributed by atoms with E-state index in [9.17, 15) is 5.11 Å². The molecule has 2 nitrogen and oxygen atoms in total. The second-order valence-corrected chi connectivity index (χ2v) is 4.57. The van der Waals surface area contributed by atoms with Crippen molar-refractivity contribution in [3.8, 4) is 5.75 Å². The Balaban J connectivity index is 2.06. The van der Waals surface area contributed by atoms with Gasteiger partial charge in [-0.1, -0.05) is 42.0 Å². The summed E-state index contributed by atoms with van der Waals surface area (Å²) >= 11 is 0. The number of phenols is 1. The van der Waals surface area contributed by atoms with Crippen LogP contribution in [-0.2, 0) is 6.54 Å². The molecule has 1 atom stereocenters. The van der Waals surface area contributed by atoms with Crippen LogP contribution in [0.2, 0.25) is 0 Å². The van der Waals surface area contributed by atoms with Crippen LogP contribution in [0, 0.1) is 6.92 Å². The highest BCUT2D eigenvalue weighted by Gasteiger charge is 2.25. The quantitative estimate of drug-likeness (QED) is 0.782. The van der Waals surface area contributed by atoms with Crippen molar-refractivity contribution in [1.82, 2.24) is 5.32 Å². The summed E-state index contributed by atoms with van der Waals surface area (Å²) in [5.74, 6) is 0.387. The monoisotopic (exact) mass is 225 g/mol. The summed E-state index contributed by atoms with van der Waals surface area (Å²) in [7, 11) is 0. The van der Waals surface area contributed by atoms with E-state index >= 15 is 0 Å². The Labute approximate surface area is 101 Å². The minimum absolute atomic E-state index is 0.117. The van der Waals surface area contributed by atoms with Gasteiger partial charge >= 0.3 is 0 Å². The summed E-state index contributed by atoms with van der Waals surface area (Å²) in [6.45, 7) is 2.90. The first-order valence-corrected chi connectivity index (χ1v) is 5.86. The van der Waals surface area contributed by atoms with Crippen molar-refractivity contribution in [2.75, 3.05) is 0 Å². The van der Waals surface area contributed by atoms with Crippen molar-refractivity contribution in [3.63, 3.8) is 0 Å². The van der Waals surface area contributed by atoms with Gasteiger partial charge in [0.15, 0.2) is 0 Å². The van der Waals surface area contributed by atoms with Gasteiger partial charge in [-0.05, 0) is 24.1 Å². The average molecular weight is 225 g/mol. The zero-order valence-corrected chi connectivity index (χ0v) is 9.77. The van der Waals surface area contributed by atoms with Crippen molar-refractivity contribution in [1.29, 1.82) is 0 Å². The van der Waals surface area contributed by atoms with E-state index < -0.39 is 0 Å². The minimum atomic E-state index is 0.117. The molecule has 86 valence electrons. The standard InChI is InChI=1S/C15H15NO/c1-10-5-7-11(8-6-10)15-14-12(9-16-15)3-2-4-13(14)17/h2-8,15-17H,9H2,1H3. The lowest BCUT2D eigenvalue weighted by atomic mass is 9.97. The molecule has 0 saturated carbocycles. The third-order valence-electron chi connectivity index (χ3n) is 3.37. The average Bonchev–Trinajstić information content (AvgIpc) is 2.75. The molecule has 17 heavy (non-hydrogen) atoms. The zero-order chi connectivity index (χ0) is 11.8. The Hall–Kier alpha value is -1.80. The number of aromatic hydroxyl groups is 1. The Morgan fingerprint density at radius 2 is 1.88 bits per heavy atom. The summed E-state index contributed by atoms with van der Waals surface area (Å²) in [5.41, 5.74) is 4.67. The Kier molecular flexibility index (Phi) is 2.37.